The van der Waals surface area contributed by atoms with E-state index in [0.29, 0.717) is 12.2 Å². The molecule has 0 fully saturated rings. The molecule has 0 heterocycles. The number of hydrogen-bond donors (Lipinski definition) is 0. The van der Waals surface area contributed by atoms with Crippen LogP contribution in [0.5, 0.6) is 5.75 Å². The zero-order valence-electron chi connectivity index (χ0n) is 11.5. The molecule has 0 aliphatic carbocycles. The maximum Gasteiger partial charge on any atom is 0.150 e. The zero-order valence-corrected chi connectivity index (χ0v) is 11.5. The Hall–Kier alpha value is -2.09. The quantitative estimate of drug-likeness (QED) is 0.751. The van der Waals surface area contributed by atoms with Crippen LogP contribution in [0.25, 0.3) is 0 Å². The van der Waals surface area contributed by atoms with Gasteiger partial charge in [-0.25, -0.2) is 0 Å². The van der Waals surface area contributed by atoms with Gasteiger partial charge < -0.3 is 4.74 Å². The molecule has 0 bridgehead atoms. The summed E-state index contributed by atoms with van der Waals surface area (Å²) in [5.41, 5.74) is 1.93. The monoisotopic (exact) mass is 256 g/mol. The lowest BCUT2D eigenvalue weighted by molar-refractivity contribution is 0.112. The third kappa shape index (κ3) is 5.38. The summed E-state index contributed by atoms with van der Waals surface area (Å²) >= 11 is 0. The van der Waals surface area contributed by atoms with Crippen molar-refractivity contribution in [1.82, 2.24) is 0 Å². The van der Waals surface area contributed by atoms with E-state index in [0.717, 1.165) is 18.5 Å². The van der Waals surface area contributed by atoms with Crippen molar-refractivity contribution in [2.24, 2.45) is 0 Å². The second-order valence-electron chi connectivity index (χ2n) is 3.77. The minimum absolute atomic E-state index is 0.643. The molecule has 2 nitrogen and oxygen atoms in total. The van der Waals surface area contributed by atoms with Gasteiger partial charge in [0.25, 0.3) is 0 Å². The molecule has 0 saturated carbocycles. The predicted octanol–water partition coefficient (Wildman–Crippen LogP) is 4.15. The molecule has 0 unspecified atom stereocenters. The topological polar surface area (TPSA) is 26.3 Å². The van der Waals surface area contributed by atoms with Gasteiger partial charge in [0, 0.05) is 12.0 Å². The van der Waals surface area contributed by atoms with Gasteiger partial charge in [0.15, 0.2) is 0 Å². The summed E-state index contributed by atoms with van der Waals surface area (Å²) in [7, 11) is 0. The lowest BCUT2D eigenvalue weighted by Crippen LogP contribution is -2.01. The van der Waals surface area contributed by atoms with Crippen molar-refractivity contribution in [3.05, 3.63) is 65.7 Å². The van der Waals surface area contributed by atoms with Gasteiger partial charge in [-0.1, -0.05) is 44.2 Å². The Morgan fingerprint density at radius 2 is 1.58 bits per heavy atom. The smallest absolute Gasteiger partial charge is 0.150 e. The van der Waals surface area contributed by atoms with Crippen molar-refractivity contribution in [1.29, 1.82) is 0 Å². The van der Waals surface area contributed by atoms with E-state index in [1.807, 2.05) is 44.2 Å². The first kappa shape index (κ1) is 15.0. The molecule has 0 N–H and O–H groups in total. The summed E-state index contributed by atoms with van der Waals surface area (Å²) in [6, 6.07) is 17.3. The average molecular weight is 256 g/mol. The minimum atomic E-state index is 0.643. The first-order valence-electron chi connectivity index (χ1n) is 6.60. The molecular weight excluding hydrogens is 236 g/mol. The number of ether oxygens (including phenoxy) is 1. The molecule has 100 valence electrons. The summed E-state index contributed by atoms with van der Waals surface area (Å²) in [5.74, 6) is 0.798. The highest BCUT2D eigenvalue weighted by Gasteiger charge is 1.95. The highest BCUT2D eigenvalue weighted by atomic mass is 16.5. The molecular formula is C17H20O2. The van der Waals surface area contributed by atoms with Crippen LogP contribution < -0.4 is 4.74 Å². The van der Waals surface area contributed by atoms with Crippen molar-refractivity contribution in [2.45, 2.75) is 20.3 Å². The molecule has 0 spiro atoms. The number of carbonyl (C=O) groups is 1. The standard InChI is InChI=1S/C15H14O2.C2H6/c16-12-14-6-8-15(9-7-14)17-11-10-13-4-2-1-3-5-13;1-2/h1-9,12H,10-11H2;1-2H3. The van der Waals surface area contributed by atoms with Gasteiger partial charge in [-0.3, -0.25) is 4.79 Å². The van der Waals surface area contributed by atoms with Crippen molar-refractivity contribution >= 4 is 6.29 Å². The molecule has 19 heavy (non-hydrogen) atoms. The van der Waals surface area contributed by atoms with Gasteiger partial charge in [-0.2, -0.15) is 0 Å². The number of carbonyl (C=O) groups excluding carboxylic acids is 1. The van der Waals surface area contributed by atoms with E-state index < -0.39 is 0 Å². The van der Waals surface area contributed by atoms with Crippen molar-refractivity contribution in [3.8, 4) is 5.75 Å². The molecule has 0 aliphatic heterocycles. The first-order chi connectivity index (χ1) is 9.38. The molecule has 0 amide bonds. The van der Waals surface area contributed by atoms with Crippen LogP contribution in [-0.4, -0.2) is 12.9 Å². The Morgan fingerprint density at radius 3 is 2.16 bits per heavy atom. The minimum Gasteiger partial charge on any atom is -0.493 e. The van der Waals surface area contributed by atoms with E-state index in [4.69, 9.17) is 4.74 Å². The Morgan fingerprint density at radius 1 is 0.947 bits per heavy atom. The van der Waals surface area contributed by atoms with E-state index in [1.165, 1.54) is 5.56 Å². The molecule has 2 aromatic rings. The fourth-order valence-corrected chi connectivity index (χ4v) is 1.57. The normalized spacial score (nSPS) is 9.16. The third-order valence-corrected chi connectivity index (χ3v) is 2.52. The van der Waals surface area contributed by atoms with Crippen molar-refractivity contribution in [2.75, 3.05) is 6.61 Å². The van der Waals surface area contributed by atoms with Gasteiger partial charge in [0.1, 0.15) is 12.0 Å². The molecule has 0 aromatic heterocycles. The maximum absolute atomic E-state index is 10.5. The Labute approximate surface area is 115 Å². The Kier molecular flexibility index (Phi) is 7.03. The van der Waals surface area contributed by atoms with Gasteiger partial charge in [0.2, 0.25) is 0 Å². The molecule has 0 saturated heterocycles. The van der Waals surface area contributed by atoms with E-state index in [-0.39, 0.29) is 0 Å². The fourth-order valence-electron chi connectivity index (χ4n) is 1.57. The molecule has 2 rings (SSSR count). The molecule has 0 atom stereocenters. The lowest BCUT2D eigenvalue weighted by atomic mass is 10.2. The zero-order chi connectivity index (χ0) is 13.9. The van der Waals surface area contributed by atoms with Crippen LogP contribution in [0.3, 0.4) is 0 Å². The SMILES string of the molecule is CC.O=Cc1ccc(OCCc2ccccc2)cc1. The van der Waals surface area contributed by atoms with Crippen molar-refractivity contribution < 1.29 is 9.53 Å². The predicted molar refractivity (Wildman–Crippen MR) is 78.8 cm³/mol. The second-order valence-corrected chi connectivity index (χ2v) is 3.77. The highest BCUT2D eigenvalue weighted by molar-refractivity contribution is 5.74. The molecule has 0 aliphatic rings. The van der Waals surface area contributed by atoms with Gasteiger partial charge >= 0.3 is 0 Å². The second kappa shape index (κ2) is 8.92. The number of rotatable bonds is 5. The Balaban J connectivity index is 0.000000861. The van der Waals surface area contributed by atoms with Crippen LogP contribution in [0, 0.1) is 0 Å². The summed E-state index contributed by atoms with van der Waals surface area (Å²) in [6.07, 6.45) is 1.71. The number of benzene rings is 2. The van der Waals surface area contributed by atoms with Crippen LogP contribution in [0.1, 0.15) is 29.8 Å². The van der Waals surface area contributed by atoms with Crippen LogP contribution >= 0.6 is 0 Å². The third-order valence-electron chi connectivity index (χ3n) is 2.52. The molecule has 2 aromatic carbocycles. The molecule has 0 radical (unpaired) electrons. The van der Waals surface area contributed by atoms with E-state index in [1.54, 1.807) is 12.1 Å². The summed E-state index contributed by atoms with van der Waals surface area (Å²) in [5, 5.41) is 0. The summed E-state index contributed by atoms with van der Waals surface area (Å²) in [4.78, 5) is 10.5. The van der Waals surface area contributed by atoms with E-state index in [2.05, 4.69) is 12.1 Å². The van der Waals surface area contributed by atoms with Gasteiger partial charge in [-0.15, -0.1) is 0 Å². The summed E-state index contributed by atoms with van der Waals surface area (Å²) in [6.45, 7) is 4.64. The van der Waals surface area contributed by atoms with E-state index in [9.17, 15) is 4.79 Å². The van der Waals surface area contributed by atoms with Gasteiger partial charge in [-0.05, 0) is 29.8 Å². The fraction of sp³-hybridized carbons (Fsp3) is 0.235. The largest absolute Gasteiger partial charge is 0.493 e. The summed E-state index contributed by atoms with van der Waals surface area (Å²) < 4.78 is 5.59. The van der Waals surface area contributed by atoms with Crippen LogP contribution in [0.4, 0.5) is 0 Å². The maximum atomic E-state index is 10.5. The van der Waals surface area contributed by atoms with Gasteiger partial charge in [0.05, 0.1) is 6.61 Å². The molecule has 2 heteroatoms. The number of aldehydes is 1. The highest BCUT2D eigenvalue weighted by Crippen LogP contribution is 2.11. The Bertz CT molecular complexity index is 460. The first-order valence-corrected chi connectivity index (χ1v) is 6.60. The lowest BCUT2D eigenvalue weighted by Gasteiger charge is -2.06. The van der Waals surface area contributed by atoms with Crippen LogP contribution in [0.15, 0.2) is 54.6 Å². The van der Waals surface area contributed by atoms with E-state index >= 15 is 0 Å². The number of hydrogen-bond acceptors (Lipinski definition) is 2. The van der Waals surface area contributed by atoms with Crippen LogP contribution in [-0.2, 0) is 6.42 Å². The van der Waals surface area contributed by atoms with Crippen molar-refractivity contribution in [3.63, 3.8) is 0 Å². The average Bonchev–Trinajstić information content (AvgIpc) is 2.51. The van der Waals surface area contributed by atoms with Crippen LogP contribution in [0.2, 0.25) is 0 Å².